The fourth-order valence-corrected chi connectivity index (χ4v) is 3.37. The highest BCUT2D eigenvalue weighted by Gasteiger charge is 2.29. The summed E-state index contributed by atoms with van der Waals surface area (Å²) >= 11 is 0. The molecular formula is C14H27NO. The lowest BCUT2D eigenvalue weighted by Gasteiger charge is -2.38. The first-order chi connectivity index (χ1) is 7.66. The normalized spacial score (nSPS) is 35.4. The van der Waals surface area contributed by atoms with E-state index >= 15 is 0 Å². The van der Waals surface area contributed by atoms with Crippen LogP contribution in [-0.2, 0) is 0 Å². The summed E-state index contributed by atoms with van der Waals surface area (Å²) in [5, 5.41) is 10.3. The zero-order chi connectivity index (χ0) is 11.5. The van der Waals surface area contributed by atoms with Crippen molar-refractivity contribution in [3.63, 3.8) is 0 Å². The molecule has 0 aromatic heterocycles. The van der Waals surface area contributed by atoms with Crippen LogP contribution in [-0.4, -0.2) is 35.2 Å². The Bertz CT molecular complexity index is 213. The molecule has 0 radical (unpaired) electrons. The van der Waals surface area contributed by atoms with Crippen LogP contribution in [0.1, 0.15) is 52.4 Å². The van der Waals surface area contributed by atoms with E-state index in [-0.39, 0.29) is 6.10 Å². The number of aliphatic hydroxyl groups excluding tert-OH is 1. The van der Waals surface area contributed by atoms with Gasteiger partial charge in [-0.1, -0.05) is 19.8 Å². The molecule has 0 aromatic rings. The third-order valence-corrected chi connectivity index (χ3v) is 4.61. The van der Waals surface area contributed by atoms with Crippen molar-refractivity contribution in [3.8, 4) is 0 Å². The molecule has 3 unspecified atom stereocenters. The Balaban J connectivity index is 1.82. The lowest BCUT2D eigenvalue weighted by molar-refractivity contribution is 0.0287. The lowest BCUT2D eigenvalue weighted by atomic mass is 9.93. The largest absolute Gasteiger partial charge is 0.392 e. The third-order valence-electron chi connectivity index (χ3n) is 4.61. The molecule has 2 nitrogen and oxygen atoms in total. The van der Waals surface area contributed by atoms with E-state index in [2.05, 4.69) is 18.7 Å². The zero-order valence-corrected chi connectivity index (χ0v) is 10.9. The first-order valence-electron chi connectivity index (χ1n) is 7.09. The molecule has 2 aliphatic rings. The Hall–Kier alpha value is -0.0800. The van der Waals surface area contributed by atoms with Gasteiger partial charge in [0.05, 0.1) is 6.10 Å². The van der Waals surface area contributed by atoms with Crippen molar-refractivity contribution in [3.05, 3.63) is 0 Å². The van der Waals surface area contributed by atoms with Gasteiger partial charge in [-0.3, -0.25) is 4.90 Å². The number of likely N-dealkylation sites (tertiary alicyclic amines) is 1. The molecule has 1 aliphatic heterocycles. The highest BCUT2D eigenvalue weighted by molar-refractivity contribution is 4.82. The molecule has 0 spiro atoms. The number of aliphatic hydroxyl groups is 1. The van der Waals surface area contributed by atoms with Crippen molar-refractivity contribution in [1.29, 1.82) is 0 Å². The van der Waals surface area contributed by atoms with Gasteiger partial charge in [-0.25, -0.2) is 0 Å². The molecule has 1 N–H and O–H groups in total. The SMILES string of the molecule is CC1CCC(C)N(CC(O)C2CCCC2)C1. The fourth-order valence-electron chi connectivity index (χ4n) is 3.37. The van der Waals surface area contributed by atoms with Crippen molar-refractivity contribution in [1.82, 2.24) is 4.90 Å². The summed E-state index contributed by atoms with van der Waals surface area (Å²) in [4.78, 5) is 2.51. The number of hydrogen-bond donors (Lipinski definition) is 1. The van der Waals surface area contributed by atoms with Crippen molar-refractivity contribution >= 4 is 0 Å². The van der Waals surface area contributed by atoms with Crippen LogP contribution in [0.2, 0.25) is 0 Å². The van der Waals surface area contributed by atoms with Crippen molar-refractivity contribution in [2.75, 3.05) is 13.1 Å². The molecule has 2 heteroatoms. The fraction of sp³-hybridized carbons (Fsp3) is 1.00. The minimum Gasteiger partial charge on any atom is -0.392 e. The number of piperidine rings is 1. The lowest BCUT2D eigenvalue weighted by Crippen LogP contribution is -2.46. The molecule has 1 aliphatic carbocycles. The number of nitrogens with zero attached hydrogens (tertiary/aromatic N) is 1. The molecule has 1 saturated carbocycles. The minimum atomic E-state index is -0.0738. The third kappa shape index (κ3) is 2.98. The summed E-state index contributed by atoms with van der Waals surface area (Å²) in [5.74, 6) is 1.40. The standard InChI is InChI=1S/C14H27NO/c1-11-7-8-12(2)15(9-11)10-14(16)13-5-3-4-6-13/h11-14,16H,3-10H2,1-2H3. The monoisotopic (exact) mass is 225 g/mol. The van der Waals surface area contributed by atoms with Crippen LogP contribution < -0.4 is 0 Å². The maximum atomic E-state index is 10.3. The van der Waals surface area contributed by atoms with Crippen LogP contribution in [0.3, 0.4) is 0 Å². The Labute approximate surface area is 100 Å². The maximum absolute atomic E-state index is 10.3. The molecule has 1 saturated heterocycles. The van der Waals surface area contributed by atoms with Crippen LogP contribution in [0.25, 0.3) is 0 Å². The van der Waals surface area contributed by atoms with Crippen LogP contribution in [0, 0.1) is 11.8 Å². The summed E-state index contributed by atoms with van der Waals surface area (Å²) in [6.45, 7) is 6.75. The van der Waals surface area contributed by atoms with Crippen LogP contribution in [0.15, 0.2) is 0 Å². The van der Waals surface area contributed by atoms with E-state index in [0.717, 1.165) is 12.5 Å². The molecule has 2 fully saturated rings. The molecule has 1 heterocycles. The van der Waals surface area contributed by atoms with E-state index in [9.17, 15) is 5.11 Å². The summed E-state index contributed by atoms with van der Waals surface area (Å²) in [6.07, 6.45) is 7.74. The second-order valence-electron chi connectivity index (χ2n) is 6.10. The van der Waals surface area contributed by atoms with Crippen molar-refractivity contribution in [2.24, 2.45) is 11.8 Å². The molecule has 3 atom stereocenters. The predicted molar refractivity (Wildman–Crippen MR) is 67.4 cm³/mol. The minimum absolute atomic E-state index is 0.0738. The van der Waals surface area contributed by atoms with Gasteiger partial charge in [-0.15, -0.1) is 0 Å². The summed E-state index contributed by atoms with van der Waals surface area (Å²) in [5.41, 5.74) is 0. The quantitative estimate of drug-likeness (QED) is 0.798. The Morgan fingerprint density at radius 3 is 2.50 bits per heavy atom. The van der Waals surface area contributed by atoms with Gasteiger partial charge in [0.2, 0.25) is 0 Å². The van der Waals surface area contributed by atoms with Gasteiger partial charge < -0.3 is 5.11 Å². The second kappa shape index (κ2) is 5.50. The van der Waals surface area contributed by atoms with Gasteiger partial charge in [-0.2, -0.15) is 0 Å². The molecular weight excluding hydrogens is 198 g/mol. The second-order valence-corrected chi connectivity index (χ2v) is 6.10. The highest BCUT2D eigenvalue weighted by Crippen LogP contribution is 2.29. The Morgan fingerprint density at radius 1 is 1.12 bits per heavy atom. The van der Waals surface area contributed by atoms with Crippen molar-refractivity contribution in [2.45, 2.75) is 64.5 Å². The first-order valence-corrected chi connectivity index (χ1v) is 7.09. The number of β-amino-alcohol motifs (C(OH)–C–C–N with tert-alkyl or cyclic N) is 1. The smallest absolute Gasteiger partial charge is 0.0695 e. The van der Waals surface area contributed by atoms with Gasteiger partial charge in [0.1, 0.15) is 0 Å². The average molecular weight is 225 g/mol. The Morgan fingerprint density at radius 2 is 1.81 bits per heavy atom. The van der Waals surface area contributed by atoms with E-state index in [1.165, 1.54) is 45.1 Å². The summed E-state index contributed by atoms with van der Waals surface area (Å²) in [7, 11) is 0. The van der Waals surface area contributed by atoms with Gasteiger partial charge in [-0.05, 0) is 44.4 Å². The Kier molecular flexibility index (Phi) is 4.26. The molecule has 16 heavy (non-hydrogen) atoms. The van der Waals surface area contributed by atoms with Gasteiger partial charge >= 0.3 is 0 Å². The van der Waals surface area contributed by atoms with E-state index in [0.29, 0.717) is 12.0 Å². The van der Waals surface area contributed by atoms with E-state index in [1.54, 1.807) is 0 Å². The van der Waals surface area contributed by atoms with E-state index < -0.39 is 0 Å². The molecule has 0 bridgehead atoms. The van der Waals surface area contributed by atoms with Crippen LogP contribution in [0.5, 0.6) is 0 Å². The van der Waals surface area contributed by atoms with Crippen molar-refractivity contribution < 1.29 is 5.11 Å². The van der Waals surface area contributed by atoms with Crippen LogP contribution in [0.4, 0.5) is 0 Å². The summed E-state index contributed by atoms with van der Waals surface area (Å²) in [6, 6.07) is 0.673. The zero-order valence-electron chi connectivity index (χ0n) is 10.9. The van der Waals surface area contributed by atoms with Gasteiger partial charge in [0.25, 0.3) is 0 Å². The van der Waals surface area contributed by atoms with E-state index in [4.69, 9.17) is 0 Å². The molecule has 0 aromatic carbocycles. The van der Waals surface area contributed by atoms with Gasteiger partial charge in [0.15, 0.2) is 0 Å². The average Bonchev–Trinajstić information content (AvgIpc) is 2.76. The molecule has 0 amide bonds. The molecule has 94 valence electrons. The summed E-state index contributed by atoms with van der Waals surface area (Å²) < 4.78 is 0. The van der Waals surface area contributed by atoms with Crippen LogP contribution >= 0.6 is 0 Å². The molecule has 2 rings (SSSR count). The highest BCUT2D eigenvalue weighted by atomic mass is 16.3. The van der Waals surface area contributed by atoms with E-state index in [1.807, 2.05) is 0 Å². The topological polar surface area (TPSA) is 23.5 Å². The van der Waals surface area contributed by atoms with Gasteiger partial charge in [0, 0.05) is 19.1 Å². The number of hydrogen-bond acceptors (Lipinski definition) is 2. The predicted octanol–water partition coefficient (Wildman–Crippen LogP) is 2.66. The maximum Gasteiger partial charge on any atom is 0.0695 e. The number of rotatable bonds is 3. The first kappa shape index (κ1) is 12.4.